The Bertz CT molecular complexity index is 1160. The molecule has 0 saturated heterocycles. The third-order valence-corrected chi connectivity index (χ3v) is 5.08. The SMILES string of the molecule is Cc1ccc2cc3c([n+](C)c2c1)-c1c(C)ccc2cccc(c12)O3. The van der Waals surface area contributed by atoms with Gasteiger partial charge in [0.1, 0.15) is 12.8 Å². The van der Waals surface area contributed by atoms with Gasteiger partial charge < -0.3 is 4.74 Å². The van der Waals surface area contributed by atoms with Crippen molar-refractivity contribution in [3.63, 3.8) is 0 Å². The average Bonchev–Trinajstić information content (AvgIpc) is 2.58. The summed E-state index contributed by atoms with van der Waals surface area (Å²) in [6.45, 7) is 4.32. The van der Waals surface area contributed by atoms with E-state index in [0.717, 1.165) is 17.2 Å². The van der Waals surface area contributed by atoms with Crippen LogP contribution >= 0.6 is 0 Å². The molecule has 0 saturated carbocycles. The van der Waals surface area contributed by atoms with Crippen molar-refractivity contribution in [1.29, 1.82) is 0 Å². The zero-order valence-electron chi connectivity index (χ0n) is 14.1. The van der Waals surface area contributed by atoms with Crippen LogP contribution < -0.4 is 9.30 Å². The normalized spacial score (nSPS) is 12.3. The summed E-state index contributed by atoms with van der Waals surface area (Å²) in [5.41, 5.74) is 6.23. The molecule has 1 aliphatic heterocycles. The van der Waals surface area contributed by atoms with Crippen LogP contribution in [-0.2, 0) is 7.05 Å². The molecule has 0 atom stereocenters. The summed E-state index contributed by atoms with van der Waals surface area (Å²) in [5.74, 6) is 1.88. The zero-order valence-corrected chi connectivity index (χ0v) is 14.1. The molecule has 1 aliphatic rings. The molecule has 1 aromatic heterocycles. The van der Waals surface area contributed by atoms with E-state index in [9.17, 15) is 0 Å². The molecule has 0 aliphatic carbocycles. The van der Waals surface area contributed by atoms with Gasteiger partial charge in [-0.05, 0) is 42.5 Å². The average molecular weight is 312 g/mol. The molecule has 0 amide bonds. The molecule has 2 heteroatoms. The van der Waals surface area contributed by atoms with E-state index < -0.39 is 0 Å². The quantitative estimate of drug-likeness (QED) is 0.358. The third kappa shape index (κ3) is 1.68. The Labute approximate surface area is 140 Å². The van der Waals surface area contributed by atoms with Gasteiger partial charge in [0, 0.05) is 17.5 Å². The van der Waals surface area contributed by atoms with Crippen molar-refractivity contribution in [2.24, 2.45) is 7.05 Å². The highest BCUT2D eigenvalue weighted by Gasteiger charge is 2.30. The minimum atomic E-state index is 0.933. The van der Waals surface area contributed by atoms with E-state index in [0.29, 0.717) is 0 Å². The van der Waals surface area contributed by atoms with Crippen LogP contribution in [0.4, 0.5) is 0 Å². The van der Waals surface area contributed by atoms with Crippen LogP contribution in [0, 0.1) is 13.8 Å². The lowest BCUT2D eigenvalue weighted by molar-refractivity contribution is -0.633. The second-order valence-corrected chi connectivity index (χ2v) is 6.69. The molecule has 0 bridgehead atoms. The molecule has 5 rings (SSSR count). The van der Waals surface area contributed by atoms with Crippen LogP contribution in [0.1, 0.15) is 11.1 Å². The zero-order chi connectivity index (χ0) is 16.4. The van der Waals surface area contributed by atoms with Crippen LogP contribution in [0.2, 0.25) is 0 Å². The van der Waals surface area contributed by atoms with Gasteiger partial charge in [-0.25, -0.2) is 0 Å². The monoisotopic (exact) mass is 312 g/mol. The molecule has 116 valence electrons. The van der Waals surface area contributed by atoms with E-state index >= 15 is 0 Å². The maximum absolute atomic E-state index is 6.30. The summed E-state index contributed by atoms with van der Waals surface area (Å²) < 4.78 is 8.58. The number of aromatic nitrogens is 1. The van der Waals surface area contributed by atoms with Gasteiger partial charge in [-0.2, -0.15) is 4.57 Å². The second kappa shape index (κ2) is 4.57. The predicted octanol–water partition coefficient (Wildman–Crippen LogP) is 5.21. The predicted molar refractivity (Wildman–Crippen MR) is 97.6 cm³/mol. The summed E-state index contributed by atoms with van der Waals surface area (Å²) >= 11 is 0. The van der Waals surface area contributed by atoms with Crippen molar-refractivity contribution in [3.8, 4) is 22.8 Å². The van der Waals surface area contributed by atoms with E-state index in [4.69, 9.17) is 4.74 Å². The van der Waals surface area contributed by atoms with Gasteiger partial charge in [-0.15, -0.1) is 0 Å². The number of fused-ring (bicyclic) bond motifs is 3. The van der Waals surface area contributed by atoms with Crippen LogP contribution in [0.5, 0.6) is 11.5 Å². The van der Waals surface area contributed by atoms with Crippen molar-refractivity contribution in [2.75, 3.05) is 0 Å². The molecule has 3 aromatic carbocycles. The van der Waals surface area contributed by atoms with Gasteiger partial charge >= 0.3 is 0 Å². The van der Waals surface area contributed by atoms with Crippen molar-refractivity contribution >= 4 is 21.7 Å². The van der Waals surface area contributed by atoms with Gasteiger partial charge in [0.2, 0.25) is 5.52 Å². The van der Waals surface area contributed by atoms with Crippen molar-refractivity contribution in [3.05, 3.63) is 65.7 Å². The number of aryl methyl sites for hydroxylation is 3. The highest BCUT2D eigenvalue weighted by molar-refractivity contribution is 6.04. The molecule has 2 heterocycles. The van der Waals surface area contributed by atoms with E-state index in [1.165, 1.54) is 38.4 Å². The number of ether oxygens (including phenoxy) is 1. The lowest BCUT2D eigenvalue weighted by Crippen LogP contribution is -2.33. The minimum Gasteiger partial charge on any atom is -0.450 e. The van der Waals surface area contributed by atoms with Crippen molar-refractivity contribution in [1.82, 2.24) is 0 Å². The van der Waals surface area contributed by atoms with Gasteiger partial charge in [0.15, 0.2) is 5.75 Å². The molecule has 0 radical (unpaired) electrons. The summed E-state index contributed by atoms with van der Waals surface area (Å²) in [4.78, 5) is 0. The Morgan fingerprint density at radius 2 is 1.67 bits per heavy atom. The van der Waals surface area contributed by atoms with Crippen LogP contribution in [0.25, 0.3) is 32.9 Å². The van der Waals surface area contributed by atoms with Gasteiger partial charge in [0.05, 0.1) is 10.9 Å². The highest BCUT2D eigenvalue weighted by atomic mass is 16.5. The fourth-order valence-corrected chi connectivity index (χ4v) is 3.89. The Morgan fingerprint density at radius 3 is 2.54 bits per heavy atom. The van der Waals surface area contributed by atoms with E-state index in [1.54, 1.807) is 0 Å². The number of benzene rings is 3. The lowest BCUT2D eigenvalue weighted by atomic mass is 9.93. The van der Waals surface area contributed by atoms with E-state index in [1.807, 2.05) is 0 Å². The summed E-state index contributed by atoms with van der Waals surface area (Å²) in [5, 5.41) is 3.64. The summed E-state index contributed by atoms with van der Waals surface area (Å²) in [7, 11) is 2.14. The molecule has 24 heavy (non-hydrogen) atoms. The van der Waals surface area contributed by atoms with Crippen molar-refractivity contribution < 1.29 is 9.30 Å². The number of rotatable bonds is 0. The maximum atomic E-state index is 6.30. The molecule has 2 nitrogen and oxygen atoms in total. The lowest BCUT2D eigenvalue weighted by Gasteiger charge is -2.21. The number of hydrogen-bond donors (Lipinski definition) is 0. The highest BCUT2D eigenvalue weighted by Crippen LogP contribution is 2.46. The topological polar surface area (TPSA) is 13.1 Å². The van der Waals surface area contributed by atoms with Gasteiger partial charge in [-0.3, -0.25) is 0 Å². The Morgan fingerprint density at radius 1 is 0.833 bits per heavy atom. The van der Waals surface area contributed by atoms with Gasteiger partial charge in [-0.1, -0.05) is 30.3 Å². The Kier molecular flexibility index (Phi) is 2.58. The molecular weight excluding hydrogens is 294 g/mol. The molecule has 0 fully saturated rings. The number of nitrogens with zero attached hydrogens (tertiary/aromatic N) is 1. The first-order chi connectivity index (χ1) is 11.6. The fourth-order valence-electron chi connectivity index (χ4n) is 3.89. The first-order valence-corrected chi connectivity index (χ1v) is 8.27. The third-order valence-electron chi connectivity index (χ3n) is 5.08. The fraction of sp³-hybridized carbons (Fsp3) is 0.136. The van der Waals surface area contributed by atoms with Crippen LogP contribution in [0.15, 0.2) is 54.6 Å². The minimum absolute atomic E-state index is 0.933. The molecule has 0 unspecified atom stereocenters. The van der Waals surface area contributed by atoms with Crippen molar-refractivity contribution in [2.45, 2.75) is 13.8 Å². The molecule has 0 N–H and O–H groups in total. The molecule has 0 spiro atoms. The first kappa shape index (κ1) is 13.6. The van der Waals surface area contributed by atoms with E-state index in [-0.39, 0.29) is 0 Å². The maximum Gasteiger partial charge on any atom is 0.256 e. The Balaban J connectivity index is 2.00. The summed E-state index contributed by atoms with van der Waals surface area (Å²) in [6.07, 6.45) is 0. The smallest absolute Gasteiger partial charge is 0.256 e. The van der Waals surface area contributed by atoms with E-state index in [2.05, 4.69) is 80.1 Å². The van der Waals surface area contributed by atoms with Crippen LogP contribution in [-0.4, -0.2) is 0 Å². The second-order valence-electron chi connectivity index (χ2n) is 6.69. The summed E-state index contributed by atoms with van der Waals surface area (Å²) in [6, 6.07) is 19.4. The first-order valence-electron chi connectivity index (χ1n) is 8.27. The standard InChI is InChI=1S/C22H18NO/c1-13-7-9-16-12-19-22(23(3)17(16)11-13)20-14(2)8-10-15-5-4-6-18(24-19)21(15)20/h4-12H,1-3H3/q+1. The van der Waals surface area contributed by atoms with Crippen LogP contribution in [0.3, 0.4) is 0 Å². The van der Waals surface area contributed by atoms with Gasteiger partial charge in [0.25, 0.3) is 5.69 Å². The number of hydrogen-bond acceptors (Lipinski definition) is 1. The number of pyridine rings is 1. The largest absolute Gasteiger partial charge is 0.450 e. The molecular formula is C22H18NO+. The Hall–Kier alpha value is -2.87. The molecule has 4 aromatic rings.